The van der Waals surface area contributed by atoms with Crippen molar-refractivity contribution in [3.63, 3.8) is 0 Å². The second kappa shape index (κ2) is 10.8. The Hall–Kier alpha value is -0.850. The number of nitrogens with zero attached hydrogens (tertiary/aromatic N) is 1. The Kier molecular flexibility index (Phi) is 9.43. The molecule has 1 unspecified atom stereocenters. The van der Waals surface area contributed by atoms with Crippen LogP contribution in [0.5, 0.6) is 0 Å². The molecule has 22 heavy (non-hydrogen) atoms. The van der Waals surface area contributed by atoms with Crippen molar-refractivity contribution < 1.29 is 4.58 Å². The first-order valence-electron chi connectivity index (χ1n) is 9.57. The fourth-order valence-corrected chi connectivity index (χ4v) is 3.08. The third kappa shape index (κ3) is 6.50. The molecule has 1 aliphatic carbocycles. The molecule has 0 aromatic rings. The van der Waals surface area contributed by atoms with Gasteiger partial charge < -0.3 is 0 Å². The monoisotopic (exact) mass is 304 g/mol. The van der Waals surface area contributed by atoms with Gasteiger partial charge in [-0.3, -0.25) is 0 Å². The summed E-state index contributed by atoms with van der Waals surface area (Å²) in [6, 6.07) is 0.640. The van der Waals surface area contributed by atoms with Crippen LogP contribution in [0.25, 0.3) is 0 Å². The normalized spacial score (nSPS) is 16.2. The van der Waals surface area contributed by atoms with E-state index in [9.17, 15) is 0 Å². The van der Waals surface area contributed by atoms with Gasteiger partial charge in [-0.15, -0.1) is 0 Å². The van der Waals surface area contributed by atoms with Crippen molar-refractivity contribution in [3.05, 3.63) is 22.9 Å². The number of unbranched alkanes of at least 4 members (excludes halogenated alkanes) is 2. The minimum absolute atomic E-state index is 0.640. The van der Waals surface area contributed by atoms with Gasteiger partial charge in [0.25, 0.3) is 0 Å². The average Bonchev–Trinajstić information content (AvgIpc) is 2.45. The molecule has 1 fully saturated rings. The molecule has 1 heteroatoms. The minimum Gasteiger partial charge on any atom is -0.206 e. The highest BCUT2D eigenvalue weighted by Crippen LogP contribution is 2.27. The molecule has 0 heterocycles. The zero-order valence-corrected chi connectivity index (χ0v) is 15.8. The molecule has 0 aromatic carbocycles. The molecule has 1 nitrogen and oxygen atoms in total. The number of hydrogen-bond acceptors (Lipinski definition) is 0. The molecule has 1 rings (SSSR count). The largest absolute Gasteiger partial charge is 0.206 e. The maximum absolute atomic E-state index is 2.57. The molecule has 0 aliphatic heterocycles. The van der Waals surface area contributed by atoms with Crippen LogP contribution in [0.2, 0.25) is 0 Å². The first kappa shape index (κ1) is 19.2. The third-order valence-corrected chi connectivity index (χ3v) is 4.86. The Morgan fingerprint density at radius 2 is 1.86 bits per heavy atom. The van der Waals surface area contributed by atoms with Gasteiger partial charge in [0.2, 0.25) is 0 Å². The van der Waals surface area contributed by atoms with Crippen LogP contribution in [0, 0.1) is 0 Å². The summed E-state index contributed by atoms with van der Waals surface area (Å²) in [5.74, 6) is 0. The summed E-state index contributed by atoms with van der Waals surface area (Å²) in [6.07, 6.45) is 17.8. The van der Waals surface area contributed by atoms with Crippen molar-refractivity contribution in [1.82, 2.24) is 0 Å². The molecule has 0 N–H and O–H groups in total. The van der Waals surface area contributed by atoms with Gasteiger partial charge in [0.05, 0.1) is 0 Å². The highest BCUT2D eigenvalue weighted by molar-refractivity contribution is 5.51. The van der Waals surface area contributed by atoms with Crippen LogP contribution < -0.4 is 0 Å². The van der Waals surface area contributed by atoms with Crippen LogP contribution in [-0.4, -0.2) is 16.8 Å². The topological polar surface area (TPSA) is 3.01 Å². The van der Waals surface area contributed by atoms with Gasteiger partial charge in [0.15, 0.2) is 12.2 Å². The maximum atomic E-state index is 2.57. The first-order valence-corrected chi connectivity index (χ1v) is 9.57. The molecule has 0 aromatic heterocycles. The van der Waals surface area contributed by atoms with E-state index in [1.807, 2.05) is 0 Å². The van der Waals surface area contributed by atoms with E-state index in [1.54, 1.807) is 11.1 Å². The third-order valence-electron chi connectivity index (χ3n) is 4.86. The fraction of sp³-hybridized carbons (Fsp3) is 0.762. The van der Waals surface area contributed by atoms with Crippen molar-refractivity contribution in [2.45, 2.75) is 105 Å². The van der Waals surface area contributed by atoms with Gasteiger partial charge in [0, 0.05) is 19.3 Å². The number of allylic oxidation sites excluding steroid dienone is 2. The van der Waals surface area contributed by atoms with Gasteiger partial charge in [-0.25, -0.2) is 4.58 Å². The highest BCUT2D eigenvalue weighted by atomic mass is 15.0. The first-order chi connectivity index (χ1) is 10.6. The van der Waals surface area contributed by atoms with E-state index >= 15 is 0 Å². The van der Waals surface area contributed by atoms with Crippen LogP contribution in [0.1, 0.15) is 98.8 Å². The quantitative estimate of drug-likeness (QED) is 0.184. The molecule has 1 saturated carbocycles. The lowest BCUT2D eigenvalue weighted by molar-refractivity contribution is -0.498. The van der Waals surface area contributed by atoms with Crippen LogP contribution in [-0.2, 0) is 0 Å². The Bertz CT molecular complexity index is 402. The van der Waals surface area contributed by atoms with Crippen molar-refractivity contribution in [2.24, 2.45) is 0 Å². The van der Waals surface area contributed by atoms with E-state index in [4.69, 9.17) is 0 Å². The van der Waals surface area contributed by atoms with E-state index in [0.29, 0.717) is 6.04 Å². The van der Waals surface area contributed by atoms with Gasteiger partial charge in [-0.2, -0.15) is 0 Å². The standard InChI is InChI=1S/C21H38N/c1-6-9-10-15-22(17-19-13-11-14-19)21(8-3)16-20(12-7-2)18(4)5/h15,17,21H,6-14,16H2,1-5H3/q+1. The fourth-order valence-electron chi connectivity index (χ4n) is 3.08. The van der Waals surface area contributed by atoms with Crippen molar-refractivity contribution in [3.8, 4) is 0 Å². The van der Waals surface area contributed by atoms with E-state index in [1.165, 1.54) is 69.8 Å². The zero-order chi connectivity index (χ0) is 16.4. The Morgan fingerprint density at radius 3 is 2.32 bits per heavy atom. The molecule has 126 valence electrons. The van der Waals surface area contributed by atoms with E-state index < -0.39 is 0 Å². The highest BCUT2D eigenvalue weighted by Gasteiger charge is 2.21. The van der Waals surface area contributed by atoms with E-state index in [0.717, 1.165) is 0 Å². The molecular formula is C21H38N+. The van der Waals surface area contributed by atoms with Crippen LogP contribution >= 0.6 is 0 Å². The zero-order valence-electron chi connectivity index (χ0n) is 15.8. The lowest BCUT2D eigenvalue weighted by Crippen LogP contribution is -2.24. The van der Waals surface area contributed by atoms with Gasteiger partial charge in [-0.1, -0.05) is 44.8 Å². The lowest BCUT2D eigenvalue weighted by atomic mass is 9.92. The van der Waals surface area contributed by atoms with E-state index in [-0.39, 0.29) is 0 Å². The number of rotatable bonds is 10. The predicted molar refractivity (Wildman–Crippen MR) is 99.8 cm³/mol. The summed E-state index contributed by atoms with van der Waals surface area (Å²) in [5, 5.41) is 0. The Balaban J connectivity index is 2.87. The summed E-state index contributed by atoms with van der Waals surface area (Å²) >= 11 is 0. The molecular weight excluding hydrogens is 266 g/mol. The van der Waals surface area contributed by atoms with Crippen molar-refractivity contribution >= 4 is 6.21 Å². The number of hydrogen-bond donors (Lipinski definition) is 0. The Morgan fingerprint density at radius 1 is 1.14 bits per heavy atom. The Labute approximate surface area is 139 Å². The summed E-state index contributed by atoms with van der Waals surface area (Å²) < 4.78 is 2.57. The smallest absolute Gasteiger partial charge is 0.167 e. The van der Waals surface area contributed by atoms with Crippen molar-refractivity contribution in [1.29, 1.82) is 0 Å². The van der Waals surface area contributed by atoms with Gasteiger partial charge in [0.1, 0.15) is 6.21 Å². The second-order valence-corrected chi connectivity index (χ2v) is 7.03. The molecule has 1 aliphatic rings. The van der Waals surface area contributed by atoms with Crippen LogP contribution in [0.15, 0.2) is 22.9 Å². The minimum atomic E-state index is 0.640. The lowest BCUT2D eigenvalue weighted by Gasteiger charge is -2.19. The molecule has 0 spiro atoms. The summed E-state index contributed by atoms with van der Waals surface area (Å²) in [5.41, 5.74) is 4.86. The predicted octanol–water partition coefficient (Wildman–Crippen LogP) is 6.63. The maximum Gasteiger partial charge on any atom is 0.167 e. The summed E-state index contributed by atoms with van der Waals surface area (Å²) in [4.78, 5) is 0. The molecule has 0 bridgehead atoms. The molecule has 0 saturated heterocycles. The van der Waals surface area contributed by atoms with Crippen LogP contribution in [0.3, 0.4) is 0 Å². The van der Waals surface area contributed by atoms with Gasteiger partial charge >= 0.3 is 0 Å². The second-order valence-electron chi connectivity index (χ2n) is 7.03. The summed E-state index contributed by atoms with van der Waals surface area (Å²) in [7, 11) is 0. The molecule has 0 amide bonds. The van der Waals surface area contributed by atoms with Crippen LogP contribution in [0.4, 0.5) is 0 Å². The average molecular weight is 305 g/mol. The molecule has 1 atom stereocenters. The van der Waals surface area contributed by atoms with Crippen molar-refractivity contribution in [2.75, 3.05) is 0 Å². The molecule has 0 radical (unpaired) electrons. The summed E-state index contributed by atoms with van der Waals surface area (Å²) in [6.45, 7) is 11.5. The van der Waals surface area contributed by atoms with Gasteiger partial charge in [-0.05, 0) is 51.5 Å². The van der Waals surface area contributed by atoms with E-state index in [2.05, 4.69) is 51.6 Å². The SMILES string of the molecule is CCCCC=[N+](C=C1CCC1)C(CC)CC(CCC)=C(C)C.